The molecule has 23 heavy (non-hydrogen) atoms. The monoisotopic (exact) mass is 334 g/mol. The van der Waals surface area contributed by atoms with E-state index in [2.05, 4.69) is 14.9 Å². The standard InChI is InChI=1S/C15H14N2O5S/c1-3-12-16-17-15(22-12)23-11(13(18)19)8-9-4-6-10(7-5-9)14(20)21-2/h4-8H,3H2,1-2H3,(H,18,19)/b11-8-. The van der Waals surface area contributed by atoms with E-state index in [4.69, 9.17) is 4.42 Å². The molecule has 1 N–H and O–H groups in total. The number of carbonyl (C=O) groups is 2. The Hall–Kier alpha value is -2.61. The fourth-order valence-electron chi connectivity index (χ4n) is 1.64. The SMILES string of the molecule is CCc1nnc(S/C(=C\c2ccc(C(=O)OC)cc2)C(=O)O)o1. The average molecular weight is 334 g/mol. The Labute approximate surface area is 136 Å². The average Bonchev–Trinajstić information content (AvgIpc) is 3.01. The van der Waals surface area contributed by atoms with E-state index < -0.39 is 11.9 Å². The molecule has 0 unspecified atom stereocenters. The summed E-state index contributed by atoms with van der Waals surface area (Å²) in [6.07, 6.45) is 2.04. The lowest BCUT2D eigenvalue weighted by molar-refractivity contribution is -0.131. The van der Waals surface area contributed by atoms with Crippen LogP contribution < -0.4 is 0 Å². The summed E-state index contributed by atoms with van der Waals surface area (Å²) in [6, 6.07) is 6.37. The molecule has 7 nitrogen and oxygen atoms in total. The molecule has 0 saturated heterocycles. The van der Waals surface area contributed by atoms with Crippen LogP contribution in [0.25, 0.3) is 6.08 Å². The molecule has 2 aromatic rings. The Morgan fingerprint density at radius 1 is 1.30 bits per heavy atom. The van der Waals surface area contributed by atoms with Gasteiger partial charge in [0.2, 0.25) is 5.89 Å². The number of nitrogens with zero attached hydrogens (tertiary/aromatic N) is 2. The van der Waals surface area contributed by atoms with E-state index in [0.29, 0.717) is 23.4 Å². The molecule has 1 aromatic heterocycles. The Morgan fingerprint density at radius 3 is 2.52 bits per heavy atom. The lowest BCUT2D eigenvalue weighted by atomic mass is 10.1. The highest BCUT2D eigenvalue weighted by Crippen LogP contribution is 2.27. The van der Waals surface area contributed by atoms with Crippen LogP contribution in [0.5, 0.6) is 0 Å². The predicted molar refractivity (Wildman–Crippen MR) is 82.9 cm³/mol. The number of benzene rings is 1. The minimum Gasteiger partial charge on any atom is -0.477 e. The van der Waals surface area contributed by atoms with E-state index in [9.17, 15) is 14.7 Å². The first-order chi connectivity index (χ1) is 11.0. The number of methoxy groups -OCH3 is 1. The third-order valence-corrected chi connectivity index (χ3v) is 3.64. The number of hydrogen-bond acceptors (Lipinski definition) is 7. The van der Waals surface area contributed by atoms with Gasteiger partial charge in [-0.15, -0.1) is 10.2 Å². The first-order valence-corrected chi connectivity index (χ1v) is 7.48. The molecule has 0 bridgehead atoms. The minimum atomic E-state index is -1.11. The second kappa shape index (κ2) is 7.59. The van der Waals surface area contributed by atoms with Crippen molar-refractivity contribution in [3.8, 4) is 0 Å². The molecule has 0 spiro atoms. The van der Waals surface area contributed by atoms with Crippen molar-refractivity contribution >= 4 is 29.8 Å². The number of carboxylic acids is 1. The summed E-state index contributed by atoms with van der Waals surface area (Å²) in [4.78, 5) is 22.7. The third-order valence-electron chi connectivity index (χ3n) is 2.79. The lowest BCUT2D eigenvalue weighted by Crippen LogP contribution is -2.00. The van der Waals surface area contributed by atoms with E-state index in [1.165, 1.54) is 13.2 Å². The van der Waals surface area contributed by atoms with Crippen molar-refractivity contribution in [2.75, 3.05) is 7.11 Å². The quantitative estimate of drug-likeness (QED) is 0.488. The van der Waals surface area contributed by atoms with Gasteiger partial charge in [0, 0.05) is 6.42 Å². The van der Waals surface area contributed by atoms with E-state index in [1.807, 2.05) is 6.92 Å². The van der Waals surface area contributed by atoms with Crippen molar-refractivity contribution in [1.29, 1.82) is 0 Å². The summed E-state index contributed by atoms with van der Waals surface area (Å²) in [5.74, 6) is -1.12. The van der Waals surface area contributed by atoms with Crippen LogP contribution in [0.15, 0.2) is 38.8 Å². The summed E-state index contributed by atoms with van der Waals surface area (Å²) in [5, 5.41) is 17.0. The molecule has 1 heterocycles. The summed E-state index contributed by atoms with van der Waals surface area (Å²) >= 11 is 0.873. The van der Waals surface area contributed by atoms with Gasteiger partial charge >= 0.3 is 11.9 Å². The normalized spacial score (nSPS) is 11.3. The number of carbonyl (C=O) groups excluding carboxylic acids is 1. The van der Waals surface area contributed by atoms with Gasteiger partial charge in [-0.05, 0) is 35.5 Å². The fourth-order valence-corrected chi connectivity index (χ4v) is 2.33. The van der Waals surface area contributed by atoms with E-state index in [1.54, 1.807) is 24.3 Å². The van der Waals surface area contributed by atoms with Gasteiger partial charge in [0.1, 0.15) is 4.91 Å². The molecule has 0 radical (unpaired) electrons. The number of rotatable bonds is 6. The van der Waals surface area contributed by atoms with E-state index in [0.717, 1.165) is 11.8 Å². The number of esters is 1. The zero-order chi connectivity index (χ0) is 16.8. The van der Waals surface area contributed by atoms with Crippen LogP contribution in [0, 0.1) is 0 Å². The van der Waals surface area contributed by atoms with Crippen molar-refractivity contribution in [3.05, 3.63) is 46.2 Å². The second-order valence-corrected chi connectivity index (χ2v) is 5.34. The largest absolute Gasteiger partial charge is 0.477 e. The van der Waals surface area contributed by atoms with Crippen LogP contribution >= 0.6 is 11.8 Å². The Balaban J connectivity index is 2.21. The summed E-state index contributed by atoms with van der Waals surface area (Å²) in [5.41, 5.74) is 1.01. The topological polar surface area (TPSA) is 103 Å². The minimum absolute atomic E-state index is 0.0297. The van der Waals surface area contributed by atoms with Crippen LogP contribution in [-0.4, -0.2) is 34.4 Å². The number of thioether (sulfide) groups is 1. The molecule has 0 saturated carbocycles. The van der Waals surface area contributed by atoms with Crippen molar-refractivity contribution in [3.63, 3.8) is 0 Å². The smallest absolute Gasteiger partial charge is 0.342 e. The first-order valence-electron chi connectivity index (χ1n) is 6.67. The Bertz CT molecular complexity index is 737. The maximum Gasteiger partial charge on any atom is 0.342 e. The van der Waals surface area contributed by atoms with Crippen molar-refractivity contribution in [1.82, 2.24) is 10.2 Å². The molecule has 0 aliphatic rings. The number of aromatic nitrogens is 2. The van der Waals surface area contributed by atoms with Crippen molar-refractivity contribution in [2.24, 2.45) is 0 Å². The van der Waals surface area contributed by atoms with Gasteiger partial charge in [-0.3, -0.25) is 0 Å². The molecular weight excluding hydrogens is 320 g/mol. The van der Waals surface area contributed by atoms with Crippen LogP contribution in [-0.2, 0) is 16.0 Å². The Kier molecular flexibility index (Phi) is 5.53. The van der Waals surface area contributed by atoms with Gasteiger partial charge in [-0.25, -0.2) is 9.59 Å². The number of aryl methyl sites for hydroxylation is 1. The maximum absolute atomic E-state index is 11.4. The molecule has 2 rings (SSSR count). The fraction of sp³-hybridized carbons (Fsp3) is 0.200. The summed E-state index contributed by atoms with van der Waals surface area (Å²) in [6.45, 7) is 1.86. The zero-order valence-corrected chi connectivity index (χ0v) is 13.3. The molecule has 0 atom stereocenters. The van der Waals surface area contributed by atoms with Gasteiger partial charge in [0.25, 0.3) is 5.22 Å². The van der Waals surface area contributed by atoms with Gasteiger partial charge < -0.3 is 14.3 Å². The maximum atomic E-state index is 11.4. The van der Waals surface area contributed by atoms with Crippen molar-refractivity contribution < 1.29 is 23.8 Å². The lowest BCUT2D eigenvalue weighted by Gasteiger charge is -2.01. The number of ether oxygens (including phenoxy) is 1. The second-order valence-electron chi connectivity index (χ2n) is 4.34. The zero-order valence-electron chi connectivity index (χ0n) is 12.5. The van der Waals surface area contributed by atoms with Gasteiger partial charge in [0.15, 0.2) is 0 Å². The van der Waals surface area contributed by atoms with E-state index in [-0.39, 0.29) is 10.1 Å². The molecular formula is C15H14N2O5S. The Morgan fingerprint density at radius 2 is 2.00 bits per heavy atom. The predicted octanol–water partition coefficient (Wildman–Crippen LogP) is 2.64. The first kappa shape index (κ1) is 16.8. The molecule has 0 amide bonds. The van der Waals surface area contributed by atoms with Crippen LogP contribution in [0.2, 0.25) is 0 Å². The molecule has 1 aromatic carbocycles. The number of carboxylic acid groups (broad SMARTS) is 1. The van der Waals surface area contributed by atoms with E-state index >= 15 is 0 Å². The molecule has 0 aliphatic carbocycles. The summed E-state index contributed by atoms with van der Waals surface area (Å²) in [7, 11) is 1.30. The molecule has 0 aliphatic heterocycles. The van der Waals surface area contributed by atoms with Crippen LogP contribution in [0.1, 0.15) is 28.7 Å². The highest BCUT2D eigenvalue weighted by atomic mass is 32.2. The summed E-state index contributed by atoms with van der Waals surface area (Å²) < 4.78 is 9.90. The van der Waals surface area contributed by atoms with Crippen LogP contribution in [0.4, 0.5) is 0 Å². The van der Waals surface area contributed by atoms with Gasteiger partial charge in [-0.1, -0.05) is 19.1 Å². The third kappa shape index (κ3) is 4.43. The molecule has 120 valence electrons. The van der Waals surface area contributed by atoms with Crippen LogP contribution in [0.3, 0.4) is 0 Å². The van der Waals surface area contributed by atoms with Gasteiger partial charge in [0.05, 0.1) is 12.7 Å². The highest BCUT2D eigenvalue weighted by molar-refractivity contribution is 8.03. The van der Waals surface area contributed by atoms with Crippen molar-refractivity contribution in [2.45, 2.75) is 18.6 Å². The highest BCUT2D eigenvalue weighted by Gasteiger charge is 2.15. The number of aliphatic carboxylic acids is 1. The number of hydrogen-bond donors (Lipinski definition) is 1. The molecule has 0 fully saturated rings. The van der Waals surface area contributed by atoms with Gasteiger partial charge in [-0.2, -0.15) is 0 Å². The molecule has 8 heteroatoms.